The van der Waals surface area contributed by atoms with Gasteiger partial charge in [-0.3, -0.25) is 0 Å². The fourth-order valence-corrected chi connectivity index (χ4v) is 2.63. The van der Waals surface area contributed by atoms with Crippen LogP contribution in [0.5, 0.6) is 0 Å². The Balaban J connectivity index is 2.17. The Morgan fingerprint density at radius 3 is 2.53 bits per heavy atom. The lowest BCUT2D eigenvalue weighted by molar-refractivity contribution is 0.579. The van der Waals surface area contributed by atoms with Crippen molar-refractivity contribution in [2.24, 2.45) is 5.92 Å². The molecule has 1 unspecified atom stereocenters. The van der Waals surface area contributed by atoms with Gasteiger partial charge in [0.25, 0.3) is 0 Å². The Bertz CT molecular complexity index is 421. The summed E-state index contributed by atoms with van der Waals surface area (Å²) in [5, 5.41) is 3.54. The maximum absolute atomic E-state index is 3.54. The molecule has 1 aromatic rings. The van der Waals surface area contributed by atoms with Gasteiger partial charge in [-0.2, -0.15) is 0 Å². The van der Waals surface area contributed by atoms with Crippen LogP contribution in [0.4, 0.5) is 5.69 Å². The van der Waals surface area contributed by atoms with Crippen molar-refractivity contribution in [2.45, 2.75) is 59.2 Å². The highest BCUT2D eigenvalue weighted by molar-refractivity contribution is 5.55. The van der Waals surface area contributed by atoms with Gasteiger partial charge in [0, 0.05) is 31.4 Å². The summed E-state index contributed by atoms with van der Waals surface area (Å²) in [6.07, 6.45) is 2.80. The number of hydrogen-bond donors (Lipinski definition) is 1. The normalized spacial score (nSPS) is 16.7. The molecule has 106 valence electrons. The van der Waals surface area contributed by atoms with Crippen LogP contribution in [0.15, 0.2) is 18.2 Å². The second-order valence-electron chi connectivity index (χ2n) is 6.36. The summed E-state index contributed by atoms with van der Waals surface area (Å²) in [4.78, 5) is 2.47. The SMILES string of the molecule is Cc1ccc(N(C)C(C)C2CC2)c(CNC(C)C)c1. The van der Waals surface area contributed by atoms with Crippen molar-refractivity contribution in [1.29, 1.82) is 0 Å². The molecule has 0 radical (unpaired) electrons. The number of nitrogens with zero attached hydrogens (tertiary/aromatic N) is 1. The first-order chi connectivity index (χ1) is 8.99. The van der Waals surface area contributed by atoms with E-state index in [4.69, 9.17) is 0 Å². The quantitative estimate of drug-likeness (QED) is 0.838. The van der Waals surface area contributed by atoms with Crippen LogP contribution in [0, 0.1) is 12.8 Å². The third-order valence-corrected chi connectivity index (χ3v) is 4.23. The van der Waals surface area contributed by atoms with Gasteiger partial charge in [0.15, 0.2) is 0 Å². The summed E-state index contributed by atoms with van der Waals surface area (Å²) >= 11 is 0. The summed E-state index contributed by atoms with van der Waals surface area (Å²) in [6, 6.07) is 8.01. The van der Waals surface area contributed by atoms with Crippen molar-refractivity contribution in [3.8, 4) is 0 Å². The maximum Gasteiger partial charge on any atom is 0.0411 e. The standard InChI is InChI=1S/C17H28N2/c1-12(2)18-11-16-10-13(3)6-9-17(16)19(5)14(4)15-7-8-15/h6,9-10,12,14-15,18H,7-8,11H2,1-5H3. The van der Waals surface area contributed by atoms with E-state index in [9.17, 15) is 0 Å². The minimum Gasteiger partial charge on any atom is -0.371 e. The van der Waals surface area contributed by atoms with Gasteiger partial charge in [-0.15, -0.1) is 0 Å². The summed E-state index contributed by atoms with van der Waals surface area (Å²) < 4.78 is 0. The van der Waals surface area contributed by atoms with Crippen LogP contribution in [0.1, 0.15) is 44.7 Å². The van der Waals surface area contributed by atoms with Crippen molar-refractivity contribution >= 4 is 5.69 Å². The molecule has 0 saturated heterocycles. The van der Waals surface area contributed by atoms with Gasteiger partial charge in [-0.05, 0) is 44.2 Å². The molecular weight excluding hydrogens is 232 g/mol. The van der Waals surface area contributed by atoms with E-state index in [0.29, 0.717) is 12.1 Å². The molecule has 1 aliphatic carbocycles. The van der Waals surface area contributed by atoms with Crippen LogP contribution in [0.2, 0.25) is 0 Å². The zero-order valence-electron chi connectivity index (χ0n) is 13.0. The molecule has 2 rings (SSSR count). The maximum atomic E-state index is 3.54. The molecule has 1 aromatic carbocycles. The molecule has 1 saturated carbocycles. The van der Waals surface area contributed by atoms with Crippen LogP contribution < -0.4 is 10.2 Å². The fourth-order valence-electron chi connectivity index (χ4n) is 2.63. The van der Waals surface area contributed by atoms with E-state index in [1.165, 1.54) is 29.7 Å². The van der Waals surface area contributed by atoms with Gasteiger partial charge < -0.3 is 10.2 Å². The molecule has 0 bridgehead atoms. The average Bonchev–Trinajstić information content (AvgIpc) is 3.19. The molecule has 0 aromatic heterocycles. The summed E-state index contributed by atoms with van der Waals surface area (Å²) in [7, 11) is 2.24. The number of nitrogens with one attached hydrogen (secondary N) is 1. The van der Waals surface area contributed by atoms with Crippen molar-refractivity contribution in [3.63, 3.8) is 0 Å². The first-order valence-electron chi connectivity index (χ1n) is 7.54. The van der Waals surface area contributed by atoms with Gasteiger partial charge in [0.1, 0.15) is 0 Å². The van der Waals surface area contributed by atoms with Gasteiger partial charge in [-0.1, -0.05) is 31.5 Å². The number of anilines is 1. The average molecular weight is 260 g/mol. The Labute approximate surface area is 118 Å². The zero-order chi connectivity index (χ0) is 14.0. The molecule has 0 spiro atoms. The Hall–Kier alpha value is -1.02. The number of aryl methyl sites for hydroxylation is 1. The second-order valence-corrected chi connectivity index (χ2v) is 6.36. The van der Waals surface area contributed by atoms with Crippen molar-refractivity contribution < 1.29 is 0 Å². The molecule has 19 heavy (non-hydrogen) atoms. The molecule has 2 nitrogen and oxygen atoms in total. The first-order valence-corrected chi connectivity index (χ1v) is 7.54. The number of hydrogen-bond acceptors (Lipinski definition) is 2. The highest BCUT2D eigenvalue weighted by atomic mass is 15.1. The lowest BCUT2D eigenvalue weighted by Crippen LogP contribution is -2.32. The molecule has 1 N–H and O–H groups in total. The van der Waals surface area contributed by atoms with E-state index >= 15 is 0 Å². The van der Waals surface area contributed by atoms with Crippen LogP contribution in [-0.2, 0) is 6.54 Å². The highest BCUT2D eigenvalue weighted by Crippen LogP contribution is 2.37. The summed E-state index contributed by atoms with van der Waals surface area (Å²) in [5.41, 5.74) is 4.15. The molecule has 0 aliphatic heterocycles. The summed E-state index contributed by atoms with van der Waals surface area (Å²) in [6.45, 7) is 9.89. The highest BCUT2D eigenvalue weighted by Gasteiger charge is 2.31. The van der Waals surface area contributed by atoms with Gasteiger partial charge in [0.05, 0.1) is 0 Å². The predicted molar refractivity (Wildman–Crippen MR) is 83.7 cm³/mol. The molecule has 0 amide bonds. The number of rotatable bonds is 6. The Morgan fingerprint density at radius 2 is 1.95 bits per heavy atom. The van der Waals surface area contributed by atoms with Gasteiger partial charge >= 0.3 is 0 Å². The Kier molecular flexibility index (Phi) is 4.51. The predicted octanol–water partition coefficient (Wildman–Crippen LogP) is 3.73. The van der Waals surface area contributed by atoms with Crippen LogP contribution in [-0.4, -0.2) is 19.1 Å². The van der Waals surface area contributed by atoms with Crippen molar-refractivity contribution in [1.82, 2.24) is 5.32 Å². The fraction of sp³-hybridized carbons (Fsp3) is 0.647. The molecule has 1 aliphatic rings. The monoisotopic (exact) mass is 260 g/mol. The van der Waals surface area contributed by atoms with Crippen molar-refractivity contribution in [2.75, 3.05) is 11.9 Å². The van der Waals surface area contributed by atoms with Gasteiger partial charge in [-0.25, -0.2) is 0 Å². The van der Waals surface area contributed by atoms with E-state index in [1.54, 1.807) is 0 Å². The van der Waals surface area contributed by atoms with Gasteiger partial charge in [0.2, 0.25) is 0 Å². The summed E-state index contributed by atoms with van der Waals surface area (Å²) in [5.74, 6) is 0.900. The van der Waals surface area contributed by atoms with E-state index in [0.717, 1.165) is 12.5 Å². The van der Waals surface area contributed by atoms with E-state index in [1.807, 2.05) is 0 Å². The van der Waals surface area contributed by atoms with Crippen LogP contribution in [0.25, 0.3) is 0 Å². The molecular formula is C17H28N2. The largest absolute Gasteiger partial charge is 0.371 e. The first kappa shape index (κ1) is 14.4. The molecule has 0 heterocycles. The van der Waals surface area contributed by atoms with E-state index < -0.39 is 0 Å². The number of benzene rings is 1. The van der Waals surface area contributed by atoms with Crippen molar-refractivity contribution in [3.05, 3.63) is 29.3 Å². The van der Waals surface area contributed by atoms with Crippen LogP contribution in [0.3, 0.4) is 0 Å². The zero-order valence-corrected chi connectivity index (χ0v) is 13.0. The topological polar surface area (TPSA) is 15.3 Å². The van der Waals surface area contributed by atoms with E-state index in [-0.39, 0.29) is 0 Å². The minimum absolute atomic E-state index is 0.527. The van der Waals surface area contributed by atoms with E-state index in [2.05, 4.69) is 63.2 Å². The Morgan fingerprint density at radius 1 is 1.26 bits per heavy atom. The lowest BCUT2D eigenvalue weighted by Gasteiger charge is -2.29. The van der Waals surface area contributed by atoms with Crippen LogP contribution >= 0.6 is 0 Å². The second kappa shape index (κ2) is 5.96. The minimum atomic E-state index is 0.527. The molecule has 1 atom stereocenters. The third-order valence-electron chi connectivity index (χ3n) is 4.23. The molecule has 1 fully saturated rings. The lowest BCUT2D eigenvalue weighted by atomic mass is 10.1. The third kappa shape index (κ3) is 3.73. The smallest absolute Gasteiger partial charge is 0.0411 e. The molecule has 2 heteroatoms.